The minimum absolute atomic E-state index is 0.134. The molecule has 1 amide bonds. The molecule has 1 saturated carbocycles. The zero-order valence-corrected chi connectivity index (χ0v) is 10.2. The van der Waals surface area contributed by atoms with Crippen molar-refractivity contribution in [2.24, 2.45) is 5.41 Å². The first kappa shape index (κ1) is 13.0. The lowest BCUT2D eigenvalue weighted by Crippen LogP contribution is -2.37. The maximum Gasteiger partial charge on any atom is 0.305 e. The lowest BCUT2D eigenvalue weighted by molar-refractivity contribution is -0.141. The quantitative estimate of drug-likeness (QED) is 0.573. The van der Waals surface area contributed by atoms with Crippen molar-refractivity contribution in [3.63, 3.8) is 0 Å². The summed E-state index contributed by atoms with van der Waals surface area (Å²) in [6.45, 7) is 2.58. The van der Waals surface area contributed by atoms with Gasteiger partial charge in [-0.1, -0.05) is 19.8 Å². The summed E-state index contributed by atoms with van der Waals surface area (Å²) in [4.78, 5) is 22.7. The molecule has 0 atom stereocenters. The van der Waals surface area contributed by atoms with Crippen LogP contribution in [0.3, 0.4) is 0 Å². The molecule has 1 N–H and O–H groups in total. The van der Waals surface area contributed by atoms with E-state index in [1.54, 1.807) is 0 Å². The third kappa shape index (κ3) is 3.51. The van der Waals surface area contributed by atoms with Gasteiger partial charge in [-0.3, -0.25) is 9.59 Å². The summed E-state index contributed by atoms with van der Waals surface area (Å²) in [5.41, 5.74) is -0.175. The molecule has 0 spiro atoms. The van der Waals surface area contributed by atoms with Crippen LogP contribution in [-0.2, 0) is 14.3 Å². The maximum absolute atomic E-state index is 11.9. The first-order chi connectivity index (χ1) is 7.58. The molecule has 0 aromatic rings. The molecule has 1 fully saturated rings. The molecule has 0 saturated heterocycles. The molecular formula is C12H21NO3. The van der Waals surface area contributed by atoms with E-state index in [0.29, 0.717) is 19.4 Å². The number of carbonyl (C=O) groups excluding carboxylic acids is 2. The second-order valence-corrected chi connectivity index (χ2v) is 4.70. The molecule has 4 heteroatoms. The van der Waals surface area contributed by atoms with Gasteiger partial charge in [0.05, 0.1) is 7.11 Å². The topological polar surface area (TPSA) is 55.4 Å². The van der Waals surface area contributed by atoms with E-state index in [0.717, 1.165) is 25.7 Å². The van der Waals surface area contributed by atoms with Gasteiger partial charge in [-0.15, -0.1) is 0 Å². The third-order valence-electron chi connectivity index (χ3n) is 3.33. The Morgan fingerprint density at radius 2 is 1.94 bits per heavy atom. The third-order valence-corrected chi connectivity index (χ3v) is 3.33. The second-order valence-electron chi connectivity index (χ2n) is 4.70. The molecule has 4 nitrogen and oxygen atoms in total. The Morgan fingerprint density at radius 3 is 2.50 bits per heavy atom. The number of nitrogens with one attached hydrogen (secondary N) is 1. The van der Waals surface area contributed by atoms with Crippen molar-refractivity contribution in [3.05, 3.63) is 0 Å². The summed E-state index contributed by atoms with van der Waals surface area (Å²) in [6.07, 6.45) is 5.27. The number of amides is 1. The van der Waals surface area contributed by atoms with Crippen LogP contribution in [0.15, 0.2) is 0 Å². The van der Waals surface area contributed by atoms with Gasteiger partial charge in [-0.05, 0) is 19.3 Å². The minimum Gasteiger partial charge on any atom is -0.469 e. The summed E-state index contributed by atoms with van der Waals surface area (Å²) in [6, 6.07) is 0. The van der Waals surface area contributed by atoms with E-state index in [-0.39, 0.29) is 17.3 Å². The first-order valence-corrected chi connectivity index (χ1v) is 5.93. The number of ether oxygens (including phenoxy) is 1. The predicted octanol–water partition coefficient (Wildman–Crippen LogP) is 1.64. The van der Waals surface area contributed by atoms with Gasteiger partial charge in [0, 0.05) is 18.4 Å². The monoisotopic (exact) mass is 227 g/mol. The van der Waals surface area contributed by atoms with Crippen molar-refractivity contribution in [2.45, 2.75) is 45.4 Å². The molecule has 0 aromatic heterocycles. The number of hydrogen-bond donors (Lipinski definition) is 1. The molecule has 1 rings (SSSR count). The largest absolute Gasteiger partial charge is 0.469 e. The van der Waals surface area contributed by atoms with E-state index in [9.17, 15) is 9.59 Å². The molecule has 92 valence electrons. The minimum atomic E-state index is -0.221. The fraction of sp³-hybridized carbons (Fsp3) is 0.833. The van der Waals surface area contributed by atoms with Gasteiger partial charge < -0.3 is 10.1 Å². The fourth-order valence-corrected chi connectivity index (χ4v) is 2.13. The van der Waals surface area contributed by atoms with Crippen LogP contribution in [0.4, 0.5) is 0 Å². The van der Waals surface area contributed by atoms with Crippen LogP contribution in [-0.4, -0.2) is 25.5 Å². The van der Waals surface area contributed by atoms with Gasteiger partial charge in [-0.25, -0.2) is 0 Å². The van der Waals surface area contributed by atoms with Gasteiger partial charge in [0.25, 0.3) is 0 Å². The molecule has 1 aliphatic carbocycles. The van der Waals surface area contributed by atoms with Crippen molar-refractivity contribution in [3.8, 4) is 0 Å². The number of esters is 1. The normalized spacial score (nSPS) is 18.1. The standard InChI is InChI=1S/C12H21NO3/c1-12(7-3-4-8-12)11(15)13-9-5-6-10(14)16-2/h3-9H2,1-2H3,(H,13,15). The molecule has 16 heavy (non-hydrogen) atoms. The van der Waals surface area contributed by atoms with Gasteiger partial charge >= 0.3 is 5.97 Å². The summed E-state index contributed by atoms with van der Waals surface area (Å²) in [5.74, 6) is -0.0869. The summed E-state index contributed by atoms with van der Waals surface area (Å²) < 4.78 is 4.53. The van der Waals surface area contributed by atoms with Crippen LogP contribution in [0.2, 0.25) is 0 Å². The van der Waals surface area contributed by atoms with Crippen LogP contribution in [0, 0.1) is 5.41 Å². The van der Waals surface area contributed by atoms with E-state index in [1.807, 2.05) is 6.92 Å². The highest BCUT2D eigenvalue weighted by Gasteiger charge is 2.35. The summed E-state index contributed by atoms with van der Waals surface area (Å²) in [7, 11) is 1.38. The lowest BCUT2D eigenvalue weighted by atomic mass is 9.88. The molecule has 0 unspecified atom stereocenters. The predicted molar refractivity (Wildman–Crippen MR) is 60.8 cm³/mol. The fourth-order valence-electron chi connectivity index (χ4n) is 2.13. The van der Waals surface area contributed by atoms with E-state index < -0.39 is 0 Å². The maximum atomic E-state index is 11.9. The van der Waals surface area contributed by atoms with Gasteiger partial charge in [0.2, 0.25) is 5.91 Å². The Balaban J connectivity index is 2.17. The van der Waals surface area contributed by atoms with Crippen LogP contribution < -0.4 is 5.32 Å². The number of hydrogen-bond acceptors (Lipinski definition) is 3. The average Bonchev–Trinajstić information content (AvgIpc) is 2.72. The molecule has 0 radical (unpaired) electrons. The zero-order valence-electron chi connectivity index (χ0n) is 10.2. The first-order valence-electron chi connectivity index (χ1n) is 5.93. The van der Waals surface area contributed by atoms with Crippen molar-refractivity contribution < 1.29 is 14.3 Å². The number of methoxy groups -OCH3 is 1. The smallest absolute Gasteiger partial charge is 0.305 e. The molecular weight excluding hydrogens is 206 g/mol. The van der Waals surface area contributed by atoms with E-state index in [1.165, 1.54) is 7.11 Å². The van der Waals surface area contributed by atoms with Gasteiger partial charge in [0.1, 0.15) is 0 Å². The Hall–Kier alpha value is -1.06. The lowest BCUT2D eigenvalue weighted by Gasteiger charge is -2.22. The SMILES string of the molecule is COC(=O)CCCNC(=O)C1(C)CCCC1. The van der Waals surface area contributed by atoms with Crippen LogP contribution >= 0.6 is 0 Å². The van der Waals surface area contributed by atoms with Crippen molar-refractivity contribution in [1.29, 1.82) is 0 Å². The van der Waals surface area contributed by atoms with E-state index in [4.69, 9.17) is 0 Å². The highest BCUT2D eigenvalue weighted by Crippen LogP contribution is 2.37. The molecule has 0 bridgehead atoms. The van der Waals surface area contributed by atoms with Crippen molar-refractivity contribution >= 4 is 11.9 Å². The Labute approximate surface area is 96.7 Å². The number of rotatable bonds is 5. The molecule has 0 aliphatic heterocycles. The highest BCUT2D eigenvalue weighted by atomic mass is 16.5. The molecule has 0 aromatic carbocycles. The van der Waals surface area contributed by atoms with Crippen LogP contribution in [0.5, 0.6) is 0 Å². The zero-order chi connectivity index (χ0) is 12.0. The van der Waals surface area contributed by atoms with Gasteiger partial charge in [0.15, 0.2) is 0 Å². The summed E-state index contributed by atoms with van der Waals surface area (Å²) in [5, 5.41) is 2.90. The van der Waals surface area contributed by atoms with E-state index >= 15 is 0 Å². The molecule has 1 aliphatic rings. The highest BCUT2D eigenvalue weighted by molar-refractivity contribution is 5.82. The Morgan fingerprint density at radius 1 is 1.31 bits per heavy atom. The summed E-state index contributed by atoms with van der Waals surface area (Å²) >= 11 is 0. The van der Waals surface area contributed by atoms with Gasteiger partial charge in [-0.2, -0.15) is 0 Å². The average molecular weight is 227 g/mol. The van der Waals surface area contributed by atoms with Crippen LogP contribution in [0.1, 0.15) is 45.4 Å². The van der Waals surface area contributed by atoms with Crippen LogP contribution in [0.25, 0.3) is 0 Å². The van der Waals surface area contributed by atoms with E-state index in [2.05, 4.69) is 10.1 Å². The van der Waals surface area contributed by atoms with Crippen molar-refractivity contribution in [2.75, 3.05) is 13.7 Å². The Bertz CT molecular complexity index is 257. The number of carbonyl (C=O) groups is 2. The molecule has 0 heterocycles. The van der Waals surface area contributed by atoms with Crippen molar-refractivity contribution in [1.82, 2.24) is 5.32 Å². The second kappa shape index (κ2) is 5.87. The Kier molecular flexibility index (Phi) is 4.77.